The first kappa shape index (κ1) is 14.2. The molecule has 0 amide bonds. The van der Waals surface area contributed by atoms with E-state index in [4.69, 9.17) is 5.11 Å². The third-order valence-corrected chi connectivity index (χ3v) is 4.01. The first-order valence-electron chi connectivity index (χ1n) is 7.04. The van der Waals surface area contributed by atoms with Gasteiger partial charge in [-0.15, -0.1) is 0 Å². The summed E-state index contributed by atoms with van der Waals surface area (Å²) in [5, 5.41) is 9.11. The molecule has 1 aromatic carbocycles. The summed E-state index contributed by atoms with van der Waals surface area (Å²) in [6.45, 7) is 6.66. The number of aliphatic hydroxyl groups excluding tert-OH is 1. The van der Waals surface area contributed by atoms with Crippen molar-refractivity contribution in [1.82, 2.24) is 4.90 Å². The van der Waals surface area contributed by atoms with E-state index in [1.807, 2.05) is 26.0 Å². The van der Waals surface area contributed by atoms with E-state index in [2.05, 4.69) is 11.0 Å². The smallest absolute Gasteiger partial charge is 0.177 e. The molecular weight excluding hydrogens is 238 g/mol. The van der Waals surface area contributed by atoms with Gasteiger partial charge in [-0.2, -0.15) is 0 Å². The number of hydrogen-bond acceptors (Lipinski definition) is 3. The second kappa shape index (κ2) is 6.31. The zero-order valence-electron chi connectivity index (χ0n) is 11.9. The van der Waals surface area contributed by atoms with Crippen LogP contribution in [0.5, 0.6) is 0 Å². The van der Waals surface area contributed by atoms with Gasteiger partial charge in [0, 0.05) is 12.2 Å². The Kier molecular flexibility index (Phi) is 4.72. The van der Waals surface area contributed by atoms with Crippen molar-refractivity contribution in [2.75, 3.05) is 26.2 Å². The SMILES string of the molecule is Cc1ccc(C(=O)CN2CCC(CO)CC2)c(C)c1. The molecular formula is C16H23NO2. The average molecular weight is 261 g/mol. The van der Waals surface area contributed by atoms with Crippen LogP contribution in [0.15, 0.2) is 18.2 Å². The Balaban J connectivity index is 1.94. The Morgan fingerprint density at radius 2 is 2.00 bits per heavy atom. The van der Waals surface area contributed by atoms with E-state index in [0.717, 1.165) is 37.1 Å². The predicted molar refractivity (Wildman–Crippen MR) is 76.5 cm³/mol. The molecule has 1 saturated heterocycles. The maximum atomic E-state index is 12.3. The summed E-state index contributed by atoms with van der Waals surface area (Å²) in [6, 6.07) is 6.00. The minimum atomic E-state index is 0.208. The third kappa shape index (κ3) is 3.64. The van der Waals surface area contributed by atoms with Crippen LogP contribution in [0, 0.1) is 19.8 Å². The van der Waals surface area contributed by atoms with Crippen LogP contribution < -0.4 is 0 Å². The predicted octanol–water partition coefficient (Wildman–Crippen LogP) is 2.19. The number of rotatable bonds is 4. The average Bonchev–Trinajstić information content (AvgIpc) is 2.39. The highest BCUT2D eigenvalue weighted by molar-refractivity contribution is 5.98. The van der Waals surface area contributed by atoms with Gasteiger partial charge in [0.1, 0.15) is 0 Å². The number of aryl methyl sites for hydroxylation is 2. The number of likely N-dealkylation sites (tertiary alicyclic amines) is 1. The van der Waals surface area contributed by atoms with E-state index in [1.54, 1.807) is 0 Å². The third-order valence-electron chi connectivity index (χ3n) is 4.01. The van der Waals surface area contributed by atoms with Crippen LogP contribution in [0.3, 0.4) is 0 Å². The number of benzene rings is 1. The van der Waals surface area contributed by atoms with Gasteiger partial charge in [0.05, 0.1) is 6.54 Å². The summed E-state index contributed by atoms with van der Waals surface area (Å²) < 4.78 is 0. The molecule has 1 aliphatic heterocycles. The van der Waals surface area contributed by atoms with Gasteiger partial charge in [-0.1, -0.05) is 23.8 Å². The van der Waals surface area contributed by atoms with Crippen LogP contribution in [-0.2, 0) is 0 Å². The molecule has 0 radical (unpaired) electrons. The van der Waals surface area contributed by atoms with Gasteiger partial charge in [-0.05, 0) is 51.3 Å². The van der Waals surface area contributed by atoms with Crippen molar-refractivity contribution in [2.24, 2.45) is 5.92 Å². The fraction of sp³-hybridized carbons (Fsp3) is 0.562. The molecule has 1 aromatic rings. The zero-order chi connectivity index (χ0) is 13.8. The summed E-state index contributed by atoms with van der Waals surface area (Å²) in [6.07, 6.45) is 1.99. The van der Waals surface area contributed by atoms with Crippen molar-refractivity contribution in [3.8, 4) is 0 Å². The lowest BCUT2D eigenvalue weighted by molar-refractivity contribution is 0.0863. The summed E-state index contributed by atoms with van der Waals surface area (Å²) >= 11 is 0. The Labute approximate surface area is 115 Å². The van der Waals surface area contributed by atoms with Gasteiger partial charge < -0.3 is 5.11 Å². The molecule has 3 nitrogen and oxygen atoms in total. The number of Topliss-reactive ketones (excluding diaryl/α,β-unsaturated/α-hetero) is 1. The molecule has 19 heavy (non-hydrogen) atoms. The van der Waals surface area contributed by atoms with Gasteiger partial charge >= 0.3 is 0 Å². The molecule has 1 fully saturated rings. The minimum Gasteiger partial charge on any atom is -0.396 e. The summed E-state index contributed by atoms with van der Waals surface area (Å²) in [4.78, 5) is 14.5. The molecule has 0 bridgehead atoms. The van der Waals surface area contributed by atoms with Crippen molar-refractivity contribution in [2.45, 2.75) is 26.7 Å². The molecule has 0 unspecified atom stereocenters. The highest BCUT2D eigenvalue weighted by Gasteiger charge is 2.21. The number of carbonyl (C=O) groups is 1. The van der Waals surface area contributed by atoms with E-state index in [1.165, 1.54) is 5.56 Å². The van der Waals surface area contributed by atoms with Crippen molar-refractivity contribution < 1.29 is 9.90 Å². The Morgan fingerprint density at radius 1 is 1.32 bits per heavy atom. The van der Waals surface area contributed by atoms with E-state index < -0.39 is 0 Å². The maximum absolute atomic E-state index is 12.3. The van der Waals surface area contributed by atoms with Crippen molar-refractivity contribution in [3.63, 3.8) is 0 Å². The molecule has 104 valence electrons. The lowest BCUT2D eigenvalue weighted by Gasteiger charge is -2.30. The van der Waals surface area contributed by atoms with Crippen LogP contribution in [0.2, 0.25) is 0 Å². The normalized spacial score (nSPS) is 17.6. The van der Waals surface area contributed by atoms with E-state index in [-0.39, 0.29) is 12.4 Å². The fourth-order valence-electron chi connectivity index (χ4n) is 2.74. The molecule has 1 heterocycles. The fourth-order valence-corrected chi connectivity index (χ4v) is 2.74. The summed E-state index contributed by atoms with van der Waals surface area (Å²) in [7, 11) is 0. The number of piperidine rings is 1. The highest BCUT2D eigenvalue weighted by Crippen LogP contribution is 2.17. The van der Waals surface area contributed by atoms with Gasteiger partial charge in [0.2, 0.25) is 0 Å². The largest absolute Gasteiger partial charge is 0.396 e. The topological polar surface area (TPSA) is 40.5 Å². The molecule has 2 rings (SSSR count). The van der Waals surface area contributed by atoms with E-state index in [0.29, 0.717) is 12.5 Å². The minimum absolute atomic E-state index is 0.208. The molecule has 0 atom stereocenters. The highest BCUT2D eigenvalue weighted by atomic mass is 16.3. The van der Waals surface area contributed by atoms with Crippen molar-refractivity contribution in [3.05, 3.63) is 34.9 Å². The van der Waals surface area contributed by atoms with Crippen LogP contribution in [0.25, 0.3) is 0 Å². The molecule has 1 N–H and O–H groups in total. The van der Waals surface area contributed by atoms with E-state index >= 15 is 0 Å². The number of nitrogens with zero attached hydrogens (tertiary/aromatic N) is 1. The van der Waals surface area contributed by atoms with Gasteiger partial charge in [-0.3, -0.25) is 9.69 Å². The zero-order valence-corrected chi connectivity index (χ0v) is 11.9. The second-order valence-electron chi connectivity index (χ2n) is 5.64. The molecule has 1 aliphatic rings. The van der Waals surface area contributed by atoms with E-state index in [9.17, 15) is 4.79 Å². The lowest BCUT2D eigenvalue weighted by atomic mass is 9.97. The monoisotopic (exact) mass is 261 g/mol. The first-order chi connectivity index (χ1) is 9.10. The number of hydrogen-bond donors (Lipinski definition) is 1. The first-order valence-corrected chi connectivity index (χ1v) is 7.04. The maximum Gasteiger partial charge on any atom is 0.177 e. The number of ketones is 1. The Hall–Kier alpha value is -1.19. The molecule has 0 spiro atoms. The van der Waals surface area contributed by atoms with Gasteiger partial charge in [0.15, 0.2) is 5.78 Å². The second-order valence-corrected chi connectivity index (χ2v) is 5.64. The molecule has 0 aliphatic carbocycles. The van der Waals surface area contributed by atoms with Gasteiger partial charge in [0.25, 0.3) is 0 Å². The van der Waals surface area contributed by atoms with Crippen LogP contribution in [0.4, 0.5) is 0 Å². The molecule has 0 saturated carbocycles. The molecule has 0 aromatic heterocycles. The number of aliphatic hydroxyl groups is 1. The summed E-state index contributed by atoms with van der Waals surface area (Å²) in [5.41, 5.74) is 3.10. The lowest BCUT2D eigenvalue weighted by Crippen LogP contribution is -2.38. The Morgan fingerprint density at radius 3 is 2.58 bits per heavy atom. The Bertz CT molecular complexity index is 448. The van der Waals surface area contributed by atoms with Gasteiger partial charge in [-0.25, -0.2) is 0 Å². The van der Waals surface area contributed by atoms with Crippen LogP contribution in [0.1, 0.15) is 34.3 Å². The number of carbonyl (C=O) groups excluding carboxylic acids is 1. The van der Waals surface area contributed by atoms with Crippen LogP contribution >= 0.6 is 0 Å². The van der Waals surface area contributed by atoms with Crippen molar-refractivity contribution in [1.29, 1.82) is 0 Å². The molecule has 3 heteroatoms. The van der Waals surface area contributed by atoms with Crippen molar-refractivity contribution >= 4 is 5.78 Å². The summed E-state index contributed by atoms with van der Waals surface area (Å²) in [5.74, 6) is 0.632. The quantitative estimate of drug-likeness (QED) is 0.845. The standard InChI is InChI=1S/C16H23NO2/c1-12-3-4-15(13(2)9-12)16(19)10-17-7-5-14(11-18)6-8-17/h3-4,9,14,18H,5-8,10-11H2,1-2H3. The van der Waals surface area contributed by atoms with Crippen LogP contribution in [-0.4, -0.2) is 42.0 Å².